The van der Waals surface area contributed by atoms with E-state index in [9.17, 15) is 18.0 Å². The molecule has 1 aliphatic carbocycles. The Hall–Kier alpha value is -2.24. The highest BCUT2D eigenvalue weighted by Crippen LogP contribution is 2.43. The number of hydrogen-bond donors (Lipinski definition) is 0. The Morgan fingerprint density at radius 3 is 2.45 bits per heavy atom. The second kappa shape index (κ2) is 9.06. The maximum atomic E-state index is 14.0. The van der Waals surface area contributed by atoms with Gasteiger partial charge in [-0.3, -0.25) is 4.79 Å². The van der Waals surface area contributed by atoms with E-state index in [-0.39, 0.29) is 29.6 Å². The smallest absolute Gasteiger partial charge is 0.420 e. The van der Waals surface area contributed by atoms with E-state index in [1.807, 2.05) is 6.07 Å². The quantitative estimate of drug-likeness (QED) is 0.525. The fraction of sp³-hybridized carbons (Fsp3) is 0.522. The van der Waals surface area contributed by atoms with Gasteiger partial charge in [0.1, 0.15) is 11.3 Å². The van der Waals surface area contributed by atoms with Crippen molar-refractivity contribution in [1.29, 1.82) is 0 Å². The van der Waals surface area contributed by atoms with Crippen LogP contribution >= 0.6 is 0 Å². The Morgan fingerprint density at radius 2 is 1.79 bits per heavy atom. The average molecular weight is 408 g/mol. The molecule has 0 spiro atoms. The molecule has 0 atom stereocenters. The Morgan fingerprint density at radius 1 is 1.07 bits per heavy atom. The fourth-order valence-corrected chi connectivity index (χ4v) is 4.06. The molecule has 0 saturated heterocycles. The van der Waals surface area contributed by atoms with Gasteiger partial charge >= 0.3 is 12.1 Å². The van der Waals surface area contributed by atoms with Crippen LogP contribution in [0.4, 0.5) is 13.2 Å². The van der Waals surface area contributed by atoms with Crippen molar-refractivity contribution in [2.45, 2.75) is 64.1 Å². The van der Waals surface area contributed by atoms with Gasteiger partial charge in [-0.2, -0.15) is 13.2 Å². The molecule has 3 rings (SSSR count). The van der Waals surface area contributed by atoms with Crippen LogP contribution in [-0.2, 0) is 22.1 Å². The molecular formula is C23H27F3O3. The third kappa shape index (κ3) is 5.22. The lowest BCUT2D eigenvalue weighted by molar-refractivity contribution is -0.140. The van der Waals surface area contributed by atoms with Crippen molar-refractivity contribution in [2.75, 3.05) is 7.11 Å². The summed E-state index contributed by atoms with van der Waals surface area (Å²) in [4.78, 5) is 11.3. The van der Waals surface area contributed by atoms with Crippen LogP contribution in [0.25, 0.3) is 10.8 Å². The van der Waals surface area contributed by atoms with E-state index < -0.39 is 11.7 Å². The molecular weight excluding hydrogens is 381 g/mol. The summed E-state index contributed by atoms with van der Waals surface area (Å²) in [6.07, 6.45) is 0.0906. The number of carbonyl (C=O) groups is 1. The topological polar surface area (TPSA) is 35.5 Å². The van der Waals surface area contributed by atoms with Crippen molar-refractivity contribution in [3.8, 4) is 5.75 Å². The number of carbonyl (C=O) groups excluding carboxylic acids is 1. The first-order chi connectivity index (χ1) is 13.8. The first-order valence-corrected chi connectivity index (χ1v) is 10.1. The number of benzene rings is 2. The molecule has 6 heteroatoms. The number of rotatable bonds is 6. The lowest BCUT2D eigenvalue weighted by atomic mass is 9.89. The summed E-state index contributed by atoms with van der Waals surface area (Å²) in [7, 11) is 1.32. The van der Waals surface area contributed by atoms with Gasteiger partial charge in [0.15, 0.2) is 0 Å². The van der Waals surface area contributed by atoms with Crippen molar-refractivity contribution in [3.63, 3.8) is 0 Å². The number of esters is 1. The second-order valence-corrected chi connectivity index (χ2v) is 7.88. The number of methoxy groups -OCH3 is 1. The van der Waals surface area contributed by atoms with Gasteiger partial charge in [0.2, 0.25) is 0 Å². The van der Waals surface area contributed by atoms with E-state index in [0.29, 0.717) is 24.1 Å². The van der Waals surface area contributed by atoms with Crippen molar-refractivity contribution in [3.05, 3.63) is 41.5 Å². The number of halogens is 3. The van der Waals surface area contributed by atoms with E-state index in [0.717, 1.165) is 31.2 Å². The zero-order chi connectivity index (χ0) is 21.0. The summed E-state index contributed by atoms with van der Waals surface area (Å²) in [6, 6.07) is 8.10. The second-order valence-electron chi connectivity index (χ2n) is 7.88. The summed E-state index contributed by atoms with van der Waals surface area (Å²) in [6.45, 7) is 2.16. The summed E-state index contributed by atoms with van der Waals surface area (Å²) >= 11 is 0. The van der Waals surface area contributed by atoms with Crippen LogP contribution in [0.15, 0.2) is 30.3 Å². The Balaban J connectivity index is 1.92. The van der Waals surface area contributed by atoms with Crippen LogP contribution < -0.4 is 4.74 Å². The van der Waals surface area contributed by atoms with Crippen molar-refractivity contribution in [1.82, 2.24) is 0 Å². The van der Waals surface area contributed by atoms with Crippen molar-refractivity contribution >= 4 is 16.7 Å². The van der Waals surface area contributed by atoms with E-state index in [2.05, 4.69) is 11.7 Å². The molecule has 0 aliphatic heterocycles. The highest BCUT2D eigenvalue weighted by atomic mass is 19.4. The van der Waals surface area contributed by atoms with Crippen LogP contribution in [0.3, 0.4) is 0 Å². The number of alkyl halides is 3. The Kier molecular flexibility index (Phi) is 6.70. The molecule has 0 bridgehead atoms. The normalized spacial score (nSPS) is 19.9. The zero-order valence-electron chi connectivity index (χ0n) is 16.8. The molecule has 0 amide bonds. The highest BCUT2D eigenvalue weighted by molar-refractivity contribution is 5.91. The van der Waals surface area contributed by atoms with Crippen LogP contribution in [0, 0.1) is 5.92 Å². The largest absolute Gasteiger partial charge is 0.490 e. The fourth-order valence-electron chi connectivity index (χ4n) is 4.06. The molecule has 158 valence electrons. The maximum Gasteiger partial charge on any atom is 0.420 e. The number of fused-ring (bicyclic) bond motifs is 1. The minimum Gasteiger partial charge on any atom is -0.490 e. The van der Waals surface area contributed by atoms with Crippen LogP contribution in [-0.4, -0.2) is 19.2 Å². The van der Waals surface area contributed by atoms with E-state index in [1.165, 1.54) is 19.2 Å². The number of hydrogen-bond acceptors (Lipinski definition) is 3. The van der Waals surface area contributed by atoms with Gasteiger partial charge in [-0.05, 0) is 66.8 Å². The third-order valence-corrected chi connectivity index (χ3v) is 5.71. The molecule has 0 radical (unpaired) electrons. The highest BCUT2D eigenvalue weighted by Gasteiger charge is 2.37. The molecule has 1 aliphatic rings. The van der Waals surface area contributed by atoms with Crippen LogP contribution in [0.1, 0.15) is 56.6 Å². The maximum absolute atomic E-state index is 14.0. The van der Waals surface area contributed by atoms with Gasteiger partial charge in [0.05, 0.1) is 13.2 Å². The van der Waals surface area contributed by atoms with E-state index >= 15 is 0 Å². The SMILES string of the molecule is COC(=O)CCCc1cccc2c(C(F)(F)F)c(OC3CCC(C)CC3)ccc12. The van der Waals surface area contributed by atoms with Gasteiger partial charge < -0.3 is 9.47 Å². The predicted molar refractivity (Wildman–Crippen MR) is 106 cm³/mol. The zero-order valence-corrected chi connectivity index (χ0v) is 16.8. The standard InChI is InChI=1S/C23H27F3O3/c1-15-9-11-17(12-10-15)29-20-14-13-18-16(6-4-8-21(27)28-2)5-3-7-19(18)22(20)23(24,25)26/h3,5,7,13-15,17H,4,6,8-12H2,1-2H3. The first-order valence-electron chi connectivity index (χ1n) is 10.1. The molecule has 29 heavy (non-hydrogen) atoms. The molecule has 0 N–H and O–H groups in total. The van der Waals surface area contributed by atoms with Crippen molar-refractivity contribution < 1.29 is 27.4 Å². The van der Waals surface area contributed by atoms with Gasteiger partial charge in [-0.15, -0.1) is 0 Å². The molecule has 2 aromatic carbocycles. The van der Waals surface area contributed by atoms with Crippen molar-refractivity contribution in [2.24, 2.45) is 5.92 Å². The number of ether oxygens (including phenoxy) is 2. The minimum atomic E-state index is -4.51. The van der Waals surface area contributed by atoms with Gasteiger partial charge in [0, 0.05) is 6.42 Å². The van der Waals surface area contributed by atoms with Gasteiger partial charge in [-0.25, -0.2) is 0 Å². The minimum absolute atomic E-state index is 0.0868. The molecule has 0 unspecified atom stereocenters. The molecule has 0 heterocycles. The first kappa shape index (κ1) is 21.5. The molecule has 1 fully saturated rings. The summed E-state index contributed by atoms with van der Waals surface area (Å²) in [5, 5.41) is 0.698. The number of aryl methyl sites for hydroxylation is 1. The van der Waals surface area contributed by atoms with Gasteiger partial charge in [0.25, 0.3) is 0 Å². The lowest BCUT2D eigenvalue weighted by Gasteiger charge is -2.28. The van der Waals surface area contributed by atoms with Crippen LogP contribution in [0.5, 0.6) is 5.75 Å². The summed E-state index contributed by atoms with van der Waals surface area (Å²) in [5.74, 6) is 0.191. The van der Waals surface area contributed by atoms with E-state index in [4.69, 9.17) is 4.74 Å². The molecule has 0 aromatic heterocycles. The predicted octanol–water partition coefficient (Wildman–Crippen LogP) is 6.31. The summed E-state index contributed by atoms with van der Waals surface area (Å²) < 4.78 is 52.5. The lowest BCUT2D eigenvalue weighted by Crippen LogP contribution is -2.24. The third-order valence-electron chi connectivity index (χ3n) is 5.71. The Labute approximate surface area is 169 Å². The average Bonchev–Trinajstić information content (AvgIpc) is 2.68. The van der Waals surface area contributed by atoms with Crippen LogP contribution in [0.2, 0.25) is 0 Å². The van der Waals surface area contributed by atoms with Gasteiger partial charge in [-0.1, -0.05) is 31.2 Å². The Bertz CT molecular complexity index is 852. The summed E-state index contributed by atoms with van der Waals surface area (Å²) in [5.41, 5.74) is 0.0818. The molecule has 2 aromatic rings. The monoisotopic (exact) mass is 408 g/mol. The molecule has 3 nitrogen and oxygen atoms in total. The van der Waals surface area contributed by atoms with E-state index in [1.54, 1.807) is 12.1 Å². The molecule has 1 saturated carbocycles.